The fraction of sp³-hybridized carbons (Fsp3) is 0.182. The van der Waals surface area contributed by atoms with Gasteiger partial charge in [-0.25, -0.2) is 0 Å². The van der Waals surface area contributed by atoms with E-state index >= 15 is 0 Å². The number of H-pyrrole nitrogens is 2. The van der Waals surface area contributed by atoms with E-state index in [2.05, 4.69) is 16.0 Å². The lowest BCUT2D eigenvalue weighted by atomic mass is 10.1. The van der Waals surface area contributed by atoms with Crippen LogP contribution in [0.3, 0.4) is 0 Å². The second kappa shape index (κ2) is 7.11. The Morgan fingerprint density at radius 3 is 1.90 bits per heavy atom. The number of rotatable bonds is 5. The molecule has 0 aliphatic rings. The van der Waals surface area contributed by atoms with Crippen molar-refractivity contribution in [3.63, 3.8) is 0 Å². The summed E-state index contributed by atoms with van der Waals surface area (Å²) in [5.74, 6) is 0.765. The van der Waals surface area contributed by atoms with Gasteiger partial charge < -0.3 is 26.2 Å². The summed E-state index contributed by atoms with van der Waals surface area (Å²) in [6.07, 6.45) is 0.673. The second-order valence-electron chi connectivity index (χ2n) is 7.31. The maximum Gasteiger partial charge on any atom is 0.167 e. The van der Waals surface area contributed by atoms with Gasteiger partial charge in [0.1, 0.15) is 0 Å². The summed E-state index contributed by atoms with van der Waals surface area (Å²) in [5.41, 5.74) is 15.5. The van der Waals surface area contributed by atoms with Crippen LogP contribution in [0.2, 0.25) is 10.0 Å². The molecule has 0 aliphatic carbocycles. The Bertz CT molecular complexity index is 1280. The van der Waals surface area contributed by atoms with E-state index in [0.717, 1.165) is 49.4 Å². The van der Waals surface area contributed by atoms with Gasteiger partial charge in [-0.1, -0.05) is 23.2 Å². The summed E-state index contributed by atoms with van der Waals surface area (Å²) >= 11 is 12.5. The molecule has 0 bridgehead atoms. The lowest BCUT2D eigenvalue weighted by Gasteiger charge is -2.12. The zero-order valence-corrected chi connectivity index (χ0v) is 17.1. The number of hydrogen-bond donors (Lipinski definition) is 4. The summed E-state index contributed by atoms with van der Waals surface area (Å²) < 4.78 is 6.26. The van der Waals surface area contributed by atoms with Crippen LogP contribution in [0.25, 0.3) is 43.6 Å². The Balaban J connectivity index is 1.80. The molecule has 0 saturated heterocycles. The van der Waals surface area contributed by atoms with Crippen LogP contribution in [0.4, 0.5) is 0 Å². The van der Waals surface area contributed by atoms with E-state index in [1.807, 2.05) is 36.4 Å². The lowest BCUT2D eigenvalue weighted by Crippen LogP contribution is -2.31. The van der Waals surface area contributed by atoms with Crippen molar-refractivity contribution in [2.24, 2.45) is 11.5 Å². The molecular formula is C22H20Cl2N4O. The van der Waals surface area contributed by atoms with Crippen LogP contribution in [0, 0.1) is 0 Å². The largest absolute Gasteiger partial charge is 0.489 e. The summed E-state index contributed by atoms with van der Waals surface area (Å²) in [6.45, 7) is 0.900. The third-order valence-electron chi connectivity index (χ3n) is 5.38. The Hall–Kier alpha value is -2.44. The highest BCUT2D eigenvalue weighted by Crippen LogP contribution is 2.41. The van der Waals surface area contributed by atoms with Gasteiger partial charge in [0.2, 0.25) is 0 Å². The lowest BCUT2D eigenvalue weighted by molar-refractivity contribution is 0.304. The van der Waals surface area contributed by atoms with Crippen LogP contribution < -0.4 is 16.2 Å². The van der Waals surface area contributed by atoms with Gasteiger partial charge in [0, 0.05) is 55.2 Å². The van der Waals surface area contributed by atoms with Crippen LogP contribution in [0.15, 0.2) is 42.5 Å². The molecule has 0 radical (unpaired) electrons. The predicted molar refractivity (Wildman–Crippen MR) is 122 cm³/mol. The van der Waals surface area contributed by atoms with Gasteiger partial charge in [0.05, 0.1) is 17.6 Å². The highest BCUT2D eigenvalue weighted by atomic mass is 35.5. The molecule has 2 aromatic heterocycles. The molecule has 148 valence electrons. The summed E-state index contributed by atoms with van der Waals surface area (Å²) in [4.78, 5) is 6.98. The van der Waals surface area contributed by atoms with Crippen LogP contribution in [-0.4, -0.2) is 29.2 Å². The van der Waals surface area contributed by atoms with Gasteiger partial charge >= 0.3 is 0 Å². The number of halogens is 2. The zero-order chi connectivity index (χ0) is 20.1. The van der Waals surface area contributed by atoms with Crippen LogP contribution in [0.1, 0.15) is 6.42 Å². The first-order valence-corrected chi connectivity index (χ1v) is 10.2. The quantitative estimate of drug-likeness (QED) is 0.306. The van der Waals surface area contributed by atoms with Crippen molar-refractivity contribution < 1.29 is 4.74 Å². The number of aromatic amines is 2. The smallest absolute Gasteiger partial charge is 0.167 e. The maximum absolute atomic E-state index is 6.27. The van der Waals surface area contributed by atoms with E-state index in [9.17, 15) is 0 Å². The molecule has 0 spiro atoms. The average Bonchev–Trinajstić information content (AvgIpc) is 3.25. The number of benzene rings is 3. The normalized spacial score (nSPS) is 13.1. The Morgan fingerprint density at radius 2 is 1.38 bits per heavy atom. The first-order chi connectivity index (χ1) is 14.0. The Morgan fingerprint density at radius 1 is 0.828 bits per heavy atom. The van der Waals surface area contributed by atoms with Crippen LogP contribution in [-0.2, 0) is 0 Å². The molecule has 1 atom stereocenters. The number of ether oxygens (including phenoxy) is 1. The van der Waals surface area contributed by atoms with Gasteiger partial charge in [-0.3, -0.25) is 0 Å². The number of nitrogens with one attached hydrogen (secondary N) is 2. The van der Waals surface area contributed by atoms with Crippen molar-refractivity contribution in [3.8, 4) is 5.75 Å². The topological polar surface area (TPSA) is 92.8 Å². The van der Waals surface area contributed by atoms with E-state index in [1.54, 1.807) is 0 Å². The van der Waals surface area contributed by atoms with E-state index in [0.29, 0.717) is 29.6 Å². The average molecular weight is 427 g/mol. The van der Waals surface area contributed by atoms with Gasteiger partial charge in [0.15, 0.2) is 5.75 Å². The van der Waals surface area contributed by atoms with E-state index < -0.39 is 0 Å². The molecule has 6 N–H and O–H groups in total. The van der Waals surface area contributed by atoms with Gasteiger partial charge in [-0.15, -0.1) is 0 Å². The van der Waals surface area contributed by atoms with Gasteiger partial charge in [-0.2, -0.15) is 0 Å². The molecule has 2 heterocycles. The third kappa shape index (κ3) is 3.11. The number of hydrogen-bond acceptors (Lipinski definition) is 3. The minimum atomic E-state index is -0.0901. The number of fused-ring (bicyclic) bond motifs is 6. The molecule has 0 saturated carbocycles. The van der Waals surface area contributed by atoms with Crippen molar-refractivity contribution in [1.82, 2.24) is 9.97 Å². The molecular weight excluding hydrogens is 407 g/mol. The molecule has 0 fully saturated rings. The van der Waals surface area contributed by atoms with Gasteiger partial charge in [-0.05, 0) is 48.9 Å². The van der Waals surface area contributed by atoms with Crippen molar-refractivity contribution in [3.05, 3.63) is 52.5 Å². The summed E-state index contributed by atoms with van der Waals surface area (Å²) in [5, 5.41) is 5.58. The molecule has 5 rings (SSSR count). The number of nitrogens with two attached hydrogens (primary N) is 2. The van der Waals surface area contributed by atoms with E-state index in [4.69, 9.17) is 39.4 Å². The first kappa shape index (κ1) is 18.6. The molecule has 0 aliphatic heterocycles. The predicted octanol–water partition coefficient (Wildman–Crippen LogP) is 5.32. The minimum absolute atomic E-state index is 0.0901. The van der Waals surface area contributed by atoms with Crippen LogP contribution in [0.5, 0.6) is 5.75 Å². The molecule has 29 heavy (non-hydrogen) atoms. The standard InChI is InChI=1S/C22H20Cl2N4O/c23-11-1-3-18-14(7-11)16-9-17-15-8-12(24)2-4-19(15)28-21(17)22(20(16)27-18)29-6-5-13(26)10-25/h1-4,7-9,13,27-28H,5-6,10,25-26H2. The molecule has 5 nitrogen and oxygen atoms in total. The van der Waals surface area contributed by atoms with E-state index in [1.165, 1.54) is 0 Å². The molecule has 0 amide bonds. The monoisotopic (exact) mass is 426 g/mol. The maximum atomic E-state index is 6.27. The summed E-state index contributed by atoms with van der Waals surface area (Å²) in [7, 11) is 0. The van der Waals surface area contributed by atoms with Crippen LogP contribution >= 0.6 is 23.2 Å². The number of aromatic nitrogens is 2. The van der Waals surface area contributed by atoms with Crippen molar-refractivity contribution in [2.45, 2.75) is 12.5 Å². The SMILES string of the molecule is NCC(N)CCOc1c2[nH]c3ccc(Cl)cc3c2cc2c1[nH]c1ccc(Cl)cc12. The van der Waals surface area contributed by atoms with Crippen molar-refractivity contribution >= 4 is 66.8 Å². The third-order valence-corrected chi connectivity index (χ3v) is 5.85. The highest BCUT2D eigenvalue weighted by molar-refractivity contribution is 6.33. The first-order valence-electron chi connectivity index (χ1n) is 9.48. The van der Waals surface area contributed by atoms with Crippen molar-refractivity contribution in [2.75, 3.05) is 13.2 Å². The molecule has 7 heteroatoms. The van der Waals surface area contributed by atoms with E-state index in [-0.39, 0.29) is 6.04 Å². The van der Waals surface area contributed by atoms with Gasteiger partial charge in [0.25, 0.3) is 0 Å². The fourth-order valence-electron chi connectivity index (χ4n) is 3.87. The zero-order valence-electron chi connectivity index (χ0n) is 15.6. The molecule has 3 aromatic carbocycles. The second-order valence-corrected chi connectivity index (χ2v) is 8.19. The molecule has 5 aromatic rings. The summed E-state index contributed by atoms with van der Waals surface area (Å²) in [6, 6.07) is 13.7. The fourth-order valence-corrected chi connectivity index (χ4v) is 4.22. The minimum Gasteiger partial charge on any atom is -0.489 e. The Labute approximate surface area is 176 Å². The van der Waals surface area contributed by atoms with Crippen molar-refractivity contribution in [1.29, 1.82) is 0 Å². The molecule has 1 unspecified atom stereocenters. The Kier molecular flexibility index (Phi) is 4.56. The highest BCUT2D eigenvalue weighted by Gasteiger charge is 2.18.